The van der Waals surface area contributed by atoms with Gasteiger partial charge >= 0.3 is 0 Å². The normalized spacial score (nSPS) is 12.8. The zero-order valence-corrected chi connectivity index (χ0v) is 28.7. The number of aromatic nitrogens is 2. The van der Waals surface area contributed by atoms with Crippen LogP contribution >= 0.6 is 11.3 Å². The van der Waals surface area contributed by atoms with E-state index in [1.165, 1.54) is 93.2 Å². The summed E-state index contributed by atoms with van der Waals surface area (Å²) in [6, 6.07) is 14.7. The summed E-state index contributed by atoms with van der Waals surface area (Å²) in [5, 5.41) is 19.5. The van der Waals surface area contributed by atoms with Crippen LogP contribution in [0.2, 0.25) is 0 Å². The molecule has 0 saturated carbocycles. The van der Waals surface area contributed by atoms with E-state index < -0.39 is 0 Å². The number of pyridine rings is 1. The molecule has 0 amide bonds. The number of hydrogen-bond donors (Lipinski definition) is 0. The molecule has 0 aliphatic heterocycles. The lowest BCUT2D eigenvalue weighted by atomic mass is 9.95. The van der Waals surface area contributed by atoms with Crippen molar-refractivity contribution < 1.29 is 0 Å². The van der Waals surface area contributed by atoms with Gasteiger partial charge in [-0.2, -0.15) is 5.26 Å². The lowest BCUT2D eigenvalue weighted by Gasteiger charge is -2.33. The van der Waals surface area contributed by atoms with Gasteiger partial charge in [-0.15, -0.1) is 10.2 Å². The van der Waals surface area contributed by atoms with E-state index in [0.29, 0.717) is 33.2 Å². The smallest absolute Gasteiger partial charge is 0.231 e. The summed E-state index contributed by atoms with van der Waals surface area (Å²) < 4.78 is 0. The first-order valence-electron chi connectivity index (χ1n) is 17.2. The Kier molecular flexibility index (Phi) is 16.1. The van der Waals surface area contributed by atoms with Gasteiger partial charge in [0, 0.05) is 25.0 Å². The summed E-state index contributed by atoms with van der Waals surface area (Å²) in [5.74, 6) is 1.41. The number of nitrogens with zero attached hydrogens (tertiary/aromatic N) is 6. The van der Waals surface area contributed by atoms with E-state index in [4.69, 9.17) is 5.11 Å². The van der Waals surface area contributed by atoms with Gasteiger partial charge in [-0.1, -0.05) is 110 Å². The van der Waals surface area contributed by atoms with Crippen molar-refractivity contribution in [1.29, 1.82) is 5.26 Å². The minimum atomic E-state index is 0.480. The lowest BCUT2D eigenvalue weighted by molar-refractivity contribution is 0.403. The van der Waals surface area contributed by atoms with Crippen molar-refractivity contribution in [3.05, 3.63) is 53.0 Å². The average molecular weight is 615 g/mol. The van der Waals surface area contributed by atoms with E-state index in [0.717, 1.165) is 31.6 Å². The third-order valence-corrected chi connectivity index (χ3v) is 9.48. The molecule has 3 aromatic rings. The highest BCUT2D eigenvalue weighted by Crippen LogP contribution is 2.34. The molecule has 0 saturated heterocycles. The Labute approximate surface area is 271 Å². The Hall–Kier alpha value is -3.11. The SMILES string of the molecule is CCCCCCc1cc(N(CC(CC)CCCC)CC(CC)CCCC)ccc1N=Nc1nc(-c2ccccn2)c(C#N)s1. The van der Waals surface area contributed by atoms with Crippen LogP contribution in [0.4, 0.5) is 16.5 Å². The van der Waals surface area contributed by atoms with Crippen LogP contribution < -0.4 is 4.90 Å². The molecule has 1 aromatic carbocycles. The molecular formula is C37H54N6S. The Balaban J connectivity index is 1.94. The molecule has 238 valence electrons. The number of thiazole rings is 1. The quantitative estimate of drug-likeness (QED) is 0.0883. The van der Waals surface area contributed by atoms with Crippen LogP contribution in [0.15, 0.2) is 52.8 Å². The maximum atomic E-state index is 9.72. The van der Waals surface area contributed by atoms with Gasteiger partial charge in [0.1, 0.15) is 16.6 Å². The zero-order valence-electron chi connectivity index (χ0n) is 27.9. The van der Waals surface area contributed by atoms with Gasteiger partial charge in [-0.3, -0.25) is 4.98 Å². The molecule has 7 heteroatoms. The van der Waals surface area contributed by atoms with Crippen LogP contribution in [0.3, 0.4) is 0 Å². The predicted molar refractivity (Wildman–Crippen MR) is 187 cm³/mol. The topological polar surface area (TPSA) is 77.5 Å². The van der Waals surface area contributed by atoms with Crippen molar-refractivity contribution in [1.82, 2.24) is 9.97 Å². The maximum absolute atomic E-state index is 9.72. The number of aryl methyl sites for hydroxylation is 1. The zero-order chi connectivity index (χ0) is 31.6. The molecular weight excluding hydrogens is 561 g/mol. The van der Waals surface area contributed by atoms with Gasteiger partial charge in [-0.25, -0.2) is 4.98 Å². The van der Waals surface area contributed by atoms with E-state index in [-0.39, 0.29) is 0 Å². The molecule has 3 rings (SSSR count). The number of azo groups is 1. The van der Waals surface area contributed by atoms with Crippen molar-refractivity contribution in [3.63, 3.8) is 0 Å². The van der Waals surface area contributed by atoms with Crippen molar-refractivity contribution >= 4 is 27.8 Å². The second kappa shape index (κ2) is 20.0. The number of nitriles is 1. The summed E-state index contributed by atoms with van der Waals surface area (Å²) in [5.41, 5.74) is 4.71. The van der Waals surface area contributed by atoms with Crippen LogP contribution in [0.5, 0.6) is 0 Å². The van der Waals surface area contributed by atoms with Gasteiger partial charge < -0.3 is 4.90 Å². The van der Waals surface area contributed by atoms with Gasteiger partial charge in [0.2, 0.25) is 5.13 Å². The molecule has 0 fully saturated rings. The molecule has 0 N–H and O–H groups in total. The minimum Gasteiger partial charge on any atom is -0.371 e. The van der Waals surface area contributed by atoms with Crippen LogP contribution in [0.1, 0.15) is 122 Å². The minimum absolute atomic E-state index is 0.480. The fourth-order valence-corrected chi connectivity index (χ4v) is 6.45. The van der Waals surface area contributed by atoms with Crippen molar-refractivity contribution in [2.24, 2.45) is 22.1 Å². The number of anilines is 1. The fourth-order valence-electron chi connectivity index (χ4n) is 5.75. The summed E-state index contributed by atoms with van der Waals surface area (Å²) >= 11 is 1.26. The molecule has 0 bridgehead atoms. The maximum Gasteiger partial charge on any atom is 0.231 e. The van der Waals surface area contributed by atoms with E-state index in [1.54, 1.807) is 6.20 Å². The Bertz CT molecular complexity index is 1280. The van der Waals surface area contributed by atoms with Crippen LogP contribution in [-0.4, -0.2) is 23.1 Å². The van der Waals surface area contributed by atoms with E-state index >= 15 is 0 Å². The summed E-state index contributed by atoms with van der Waals surface area (Å²) in [7, 11) is 0. The van der Waals surface area contributed by atoms with Crippen molar-refractivity contribution in [2.75, 3.05) is 18.0 Å². The van der Waals surface area contributed by atoms with Gasteiger partial charge in [0.25, 0.3) is 0 Å². The number of benzene rings is 1. The van der Waals surface area contributed by atoms with E-state index in [1.807, 2.05) is 18.2 Å². The second-order valence-electron chi connectivity index (χ2n) is 12.1. The molecule has 2 aromatic heterocycles. The van der Waals surface area contributed by atoms with Crippen molar-refractivity contribution in [2.45, 2.75) is 118 Å². The number of rotatable bonds is 21. The molecule has 0 radical (unpaired) electrons. The molecule has 2 unspecified atom stereocenters. The molecule has 0 aliphatic carbocycles. The highest BCUT2D eigenvalue weighted by Gasteiger charge is 2.19. The van der Waals surface area contributed by atoms with Crippen LogP contribution in [0.25, 0.3) is 11.4 Å². The Morgan fingerprint density at radius 1 is 0.841 bits per heavy atom. The molecule has 0 aliphatic rings. The fraction of sp³-hybridized carbons (Fsp3) is 0.595. The molecule has 0 spiro atoms. The predicted octanol–water partition coefficient (Wildman–Crippen LogP) is 11.9. The standard InChI is InChI=1S/C37H54N6S/c1-6-11-14-15-20-31-25-32(43(27-29(9-4)18-12-7-2)28-30(10-5)19-13-8-3)22-23-33(31)41-42-37-40-36(35(26-38)44-37)34-21-16-17-24-39-34/h16-17,21-25,29-30H,6-15,18-20,27-28H2,1-5H3. The third-order valence-electron chi connectivity index (χ3n) is 8.64. The largest absolute Gasteiger partial charge is 0.371 e. The Morgan fingerprint density at radius 3 is 2.14 bits per heavy atom. The summed E-state index contributed by atoms with van der Waals surface area (Å²) in [6.07, 6.45) is 17.7. The lowest BCUT2D eigenvalue weighted by Crippen LogP contribution is -2.34. The molecule has 2 heterocycles. The van der Waals surface area contributed by atoms with Crippen LogP contribution in [-0.2, 0) is 6.42 Å². The first-order valence-corrected chi connectivity index (χ1v) is 18.0. The van der Waals surface area contributed by atoms with E-state index in [2.05, 4.69) is 78.9 Å². The highest BCUT2D eigenvalue weighted by molar-refractivity contribution is 7.16. The molecule has 2 atom stereocenters. The summed E-state index contributed by atoms with van der Waals surface area (Å²) in [6.45, 7) is 13.8. The van der Waals surface area contributed by atoms with Crippen molar-refractivity contribution in [3.8, 4) is 17.5 Å². The summed E-state index contributed by atoms with van der Waals surface area (Å²) in [4.78, 5) is 12.2. The third kappa shape index (κ3) is 11.1. The monoisotopic (exact) mass is 614 g/mol. The molecule has 6 nitrogen and oxygen atoms in total. The van der Waals surface area contributed by atoms with Crippen LogP contribution in [0, 0.1) is 23.2 Å². The van der Waals surface area contributed by atoms with E-state index in [9.17, 15) is 5.26 Å². The Morgan fingerprint density at radius 2 is 1.55 bits per heavy atom. The first kappa shape index (κ1) is 35.4. The van der Waals surface area contributed by atoms with Gasteiger partial charge in [0.05, 0.1) is 11.4 Å². The first-order chi connectivity index (χ1) is 21.6. The second-order valence-corrected chi connectivity index (χ2v) is 13.0. The van der Waals surface area contributed by atoms with Gasteiger partial charge in [-0.05, 0) is 73.4 Å². The highest BCUT2D eigenvalue weighted by atomic mass is 32.1. The van der Waals surface area contributed by atoms with Gasteiger partial charge in [0.15, 0.2) is 0 Å². The number of hydrogen-bond acceptors (Lipinski definition) is 7. The number of unbranched alkanes of at least 4 members (excludes halogenated alkanes) is 5. The average Bonchev–Trinajstić information content (AvgIpc) is 3.49. The molecule has 44 heavy (non-hydrogen) atoms.